The van der Waals surface area contributed by atoms with Crippen molar-refractivity contribution in [3.05, 3.63) is 112 Å². The van der Waals surface area contributed by atoms with E-state index in [0.717, 1.165) is 17.4 Å². The molecule has 1 aliphatic heterocycles. The van der Waals surface area contributed by atoms with Crippen LogP contribution in [0, 0.1) is 0 Å². The predicted octanol–water partition coefficient (Wildman–Crippen LogP) is 4.70. The third kappa shape index (κ3) is 5.30. The zero-order chi connectivity index (χ0) is 29.3. The summed E-state index contributed by atoms with van der Waals surface area (Å²) in [5, 5.41) is 10.2. The van der Waals surface area contributed by atoms with Crippen LogP contribution < -0.4 is 15.8 Å². The van der Waals surface area contributed by atoms with Crippen LogP contribution in [0.25, 0.3) is 16.5 Å². The molecule has 2 N–H and O–H groups in total. The molecule has 1 saturated heterocycles. The van der Waals surface area contributed by atoms with Crippen LogP contribution in [0.5, 0.6) is 0 Å². The highest BCUT2D eigenvalue weighted by molar-refractivity contribution is 5.95. The van der Waals surface area contributed by atoms with Gasteiger partial charge in [-0.1, -0.05) is 36.4 Å². The summed E-state index contributed by atoms with van der Waals surface area (Å²) in [6.07, 6.45) is -0.580. The normalized spacial score (nSPS) is 13.9. The largest absolute Gasteiger partial charge is 0.423 e. The van der Waals surface area contributed by atoms with Crippen molar-refractivity contribution in [3.63, 3.8) is 0 Å². The van der Waals surface area contributed by atoms with Crippen molar-refractivity contribution in [2.45, 2.75) is 12.7 Å². The molecule has 3 aromatic heterocycles. The van der Waals surface area contributed by atoms with E-state index in [4.69, 9.17) is 0 Å². The van der Waals surface area contributed by atoms with E-state index < -0.39 is 17.3 Å². The van der Waals surface area contributed by atoms with Crippen molar-refractivity contribution >= 4 is 28.2 Å². The number of hydrogen-bond acceptors (Lipinski definition) is 6. The third-order valence-corrected chi connectivity index (χ3v) is 7.32. The van der Waals surface area contributed by atoms with Crippen LogP contribution in [-0.2, 0) is 12.7 Å². The van der Waals surface area contributed by atoms with Crippen LogP contribution in [0.15, 0.2) is 90.1 Å². The molecule has 2 aromatic carbocycles. The van der Waals surface area contributed by atoms with E-state index in [9.17, 15) is 22.8 Å². The van der Waals surface area contributed by atoms with Gasteiger partial charge in [0.15, 0.2) is 0 Å². The minimum atomic E-state index is -4.88. The zero-order valence-corrected chi connectivity index (χ0v) is 22.3. The Morgan fingerprint density at radius 3 is 2.52 bits per heavy atom. The molecule has 6 rings (SSSR count). The number of benzene rings is 2. The van der Waals surface area contributed by atoms with Crippen LogP contribution in [0.3, 0.4) is 0 Å². The summed E-state index contributed by atoms with van der Waals surface area (Å²) >= 11 is 0. The van der Waals surface area contributed by atoms with E-state index >= 15 is 0 Å². The van der Waals surface area contributed by atoms with Gasteiger partial charge in [0.25, 0.3) is 11.5 Å². The predicted molar refractivity (Wildman–Crippen MR) is 153 cm³/mol. The molecule has 0 spiro atoms. The Balaban J connectivity index is 1.23. The van der Waals surface area contributed by atoms with E-state index in [2.05, 4.69) is 20.3 Å². The molecule has 214 valence electrons. The number of aromatic nitrogens is 4. The molecule has 9 nitrogen and oxygen atoms in total. The van der Waals surface area contributed by atoms with Gasteiger partial charge in [0.2, 0.25) is 0 Å². The molecular weight excluding hydrogens is 547 g/mol. The first-order valence-electron chi connectivity index (χ1n) is 13.3. The summed E-state index contributed by atoms with van der Waals surface area (Å²) in [7, 11) is 0. The summed E-state index contributed by atoms with van der Waals surface area (Å²) in [6.45, 7) is 2.57. The number of H-pyrrole nitrogens is 1. The average molecular weight is 574 g/mol. The topological polar surface area (TPSA) is 99.1 Å². The number of rotatable bonds is 6. The molecule has 0 aliphatic carbocycles. The highest BCUT2D eigenvalue weighted by atomic mass is 19.4. The molecule has 1 amide bonds. The smallest absolute Gasteiger partial charge is 0.379 e. The first kappa shape index (κ1) is 27.1. The number of hydrogen-bond donors (Lipinski definition) is 2. The monoisotopic (exact) mass is 573 g/mol. The molecule has 12 heteroatoms. The Bertz CT molecular complexity index is 1790. The number of amides is 1. The second kappa shape index (κ2) is 11.0. The lowest BCUT2D eigenvalue weighted by Crippen LogP contribution is -2.49. The highest BCUT2D eigenvalue weighted by Gasteiger charge is 2.38. The number of nitrogens with zero attached hydrogens (tertiary/aromatic N) is 5. The summed E-state index contributed by atoms with van der Waals surface area (Å²) in [4.78, 5) is 33.8. The number of carbonyl (C=O) groups excluding carboxylic acids is 1. The minimum Gasteiger partial charge on any atom is -0.379 e. The molecule has 1 fully saturated rings. The molecule has 4 heterocycles. The summed E-state index contributed by atoms with van der Waals surface area (Å²) in [6, 6.07) is 20.0. The van der Waals surface area contributed by atoms with Gasteiger partial charge in [-0.25, -0.2) is 10.1 Å². The number of halogens is 3. The number of piperazine rings is 1. The lowest BCUT2D eigenvalue weighted by atomic mass is 10.1. The maximum atomic E-state index is 13.9. The van der Waals surface area contributed by atoms with Gasteiger partial charge >= 0.3 is 6.18 Å². The van der Waals surface area contributed by atoms with E-state index in [1.54, 1.807) is 65.8 Å². The molecule has 42 heavy (non-hydrogen) atoms. The minimum absolute atomic E-state index is 0.0995. The van der Waals surface area contributed by atoms with Gasteiger partial charge in [0.05, 0.1) is 18.4 Å². The fourth-order valence-electron chi connectivity index (χ4n) is 5.27. The lowest BCUT2D eigenvalue weighted by Gasteiger charge is -2.35. The van der Waals surface area contributed by atoms with Crippen molar-refractivity contribution in [3.8, 4) is 5.69 Å². The Morgan fingerprint density at radius 2 is 1.76 bits per heavy atom. The number of carbonyl (C=O) groups is 1. The van der Waals surface area contributed by atoms with Crippen LogP contribution >= 0.6 is 0 Å². The Kier molecular flexibility index (Phi) is 7.11. The second-order valence-corrected chi connectivity index (χ2v) is 9.89. The highest BCUT2D eigenvalue weighted by Crippen LogP contribution is 2.33. The molecule has 0 unspecified atom stereocenters. The van der Waals surface area contributed by atoms with Gasteiger partial charge in [-0.05, 0) is 30.3 Å². The van der Waals surface area contributed by atoms with Gasteiger partial charge in [-0.3, -0.25) is 9.59 Å². The molecule has 0 bridgehead atoms. The number of anilines is 2. The van der Waals surface area contributed by atoms with Gasteiger partial charge in [0.1, 0.15) is 11.4 Å². The van der Waals surface area contributed by atoms with E-state index in [1.807, 2.05) is 23.3 Å². The van der Waals surface area contributed by atoms with E-state index in [0.29, 0.717) is 48.5 Å². The van der Waals surface area contributed by atoms with E-state index in [1.165, 1.54) is 4.57 Å². The molecule has 5 aromatic rings. The van der Waals surface area contributed by atoms with Crippen LogP contribution in [0.4, 0.5) is 24.7 Å². The molecule has 0 atom stereocenters. The summed E-state index contributed by atoms with van der Waals surface area (Å²) < 4.78 is 43.0. The Labute approximate surface area is 238 Å². The number of pyridine rings is 1. The maximum absolute atomic E-state index is 13.9. The molecular formula is C30H26F3N7O2. The number of alkyl halides is 3. The Hall–Kier alpha value is -5.13. The molecule has 0 saturated carbocycles. The lowest BCUT2D eigenvalue weighted by molar-refractivity contribution is -0.138. The molecule has 0 radical (unpaired) electrons. The number of aromatic amines is 1. The van der Waals surface area contributed by atoms with E-state index in [-0.39, 0.29) is 18.1 Å². The number of fused-ring (bicyclic) bond motifs is 1. The second-order valence-electron chi connectivity index (χ2n) is 9.89. The average Bonchev–Trinajstić information content (AvgIpc) is 3.38. The van der Waals surface area contributed by atoms with Gasteiger partial charge in [-0.15, -0.1) is 0 Å². The van der Waals surface area contributed by atoms with Gasteiger partial charge < -0.3 is 19.7 Å². The summed E-state index contributed by atoms with van der Waals surface area (Å²) in [5.74, 6) is 0.781. The standard InChI is InChI=1S/C30H26F3N7O2/c31-30(32,33)27-25(18-36-37-28(27)41)40-19-21-6-1-2-9-23(21)24(40)17-35-22-8-5-7-20(16-22)29(42)39-14-12-38(13-15-39)26-10-3-4-11-34-26/h1-11,16,18-19,35H,12-15,17H2,(H,37,41). The van der Waals surface area contributed by atoms with Crippen LogP contribution in [0.1, 0.15) is 21.6 Å². The maximum Gasteiger partial charge on any atom is 0.423 e. The van der Waals surface area contributed by atoms with Crippen LogP contribution in [-0.4, -0.2) is 56.7 Å². The first-order valence-corrected chi connectivity index (χ1v) is 13.3. The summed E-state index contributed by atoms with van der Waals surface area (Å²) in [5.41, 5.74) is -1.37. The Morgan fingerprint density at radius 1 is 0.976 bits per heavy atom. The van der Waals surface area contributed by atoms with Crippen molar-refractivity contribution < 1.29 is 18.0 Å². The SMILES string of the molecule is O=C(c1cccc(NCc2c3ccccc3cn2-c2cn[nH]c(=O)c2C(F)(F)F)c1)N1CCN(c2ccccn2)CC1. The van der Waals surface area contributed by atoms with Gasteiger partial charge in [0, 0.05) is 66.3 Å². The van der Waals surface area contributed by atoms with Crippen LogP contribution in [0.2, 0.25) is 0 Å². The van der Waals surface area contributed by atoms with Crippen molar-refractivity contribution in [2.75, 3.05) is 36.4 Å². The quantitative estimate of drug-likeness (QED) is 0.306. The first-order chi connectivity index (χ1) is 20.3. The van der Waals surface area contributed by atoms with Crippen molar-refractivity contribution in [1.82, 2.24) is 24.6 Å². The molecule has 1 aliphatic rings. The van der Waals surface area contributed by atoms with Crippen molar-refractivity contribution in [2.24, 2.45) is 0 Å². The third-order valence-electron chi connectivity index (χ3n) is 7.32. The van der Waals surface area contributed by atoms with Gasteiger partial charge in [-0.2, -0.15) is 18.3 Å². The number of nitrogens with one attached hydrogen (secondary N) is 2. The fraction of sp³-hybridized carbons (Fsp3) is 0.200. The van der Waals surface area contributed by atoms with Crippen molar-refractivity contribution in [1.29, 1.82) is 0 Å². The fourth-order valence-corrected chi connectivity index (χ4v) is 5.27. The zero-order valence-electron chi connectivity index (χ0n) is 22.3.